The highest BCUT2D eigenvalue weighted by molar-refractivity contribution is 6.33. The second-order valence-electron chi connectivity index (χ2n) is 4.85. The molecule has 5 heteroatoms. The Bertz CT molecular complexity index is 790. The van der Waals surface area contributed by atoms with Crippen LogP contribution in [-0.2, 0) is 0 Å². The largest absolute Gasteiger partial charge is 0.383 e. The second-order valence-corrected chi connectivity index (χ2v) is 5.70. The van der Waals surface area contributed by atoms with E-state index in [1.807, 2.05) is 48.5 Å². The maximum atomic E-state index is 6.11. The minimum Gasteiger partial charge on any atom is -0.383 e. The SMILES string of the molecule is Clc1ccc2c(NCCNc3ccccc3Cl)ccnc2c1. The van der Waals surface area contributed by atoms with Gasteiger partial charge in [-0.15, -0.1) is 0 Å². The first-order valence-electron chi connectivity index (χ1n) is 7.00. The van der Waals surface area contributed by atoms with Crippen LogP contribution in [0.15, 0.2) is 54.7 Å². The van der Waals surface area contributed by atoms with Crippen LogP contribution in [0.3, 0.4) is 0 Å². The molecule has 0 fully saturated rings. The van der Waals surface area contributed by atoms with Crippen molar-refractivity contribution < 1.29 is 0 Å². The summed E-state index contributed by atoms with van der Waals surface area (Å²) in [6.07, 6.45) is 1.78. The van der Waals surface area contributed by atoms with Gasteiger partial charge in [0.15, 0.2) is 0 Å². The molecule has 0 amide bonds. The zero-order valence-electron chi connectivity index (χ0n) is 11.8. The molecule has 2 N–H and O–H groups in total. The van der Waals surface area contributed by atoms with Gasteiger partial charge in [0.25, 0.3) is 0 Å². The van der Waals surface area contributed by atoms with E-state index in [0.29, 0.717) is 5.02 Å². The average molecular weight is 332 g/mol. The third kappa shape index (κ3) is 3.43. The van der Waals surface area contributed by atoms with Crippen LogP contribution >= 0.6 is 23.2 Å². The fourth-order valence-corrected chi connectivity index (χ4v) is 2.64. The molecule has 0 aliphatic heterocycles. The van der Waals surface area contributed by atoms with Crippen molar-refractivity contribution >= 4 is 45.5 Å². The van der Waals surface area contributed by atoms with Gasteiger partial charge in [0, 0.05) is 35.4 Å². The standard InChI is InChI=1S/C17H15Cl2N3/c18-12-5-6-13-15(7-8-20-17(13)11-12)21-9-10-22-16-4-2-1-3-14(16)19/h1-8,11,22H,9-10H2,(H,20,21). The van der Waals surface area contributed by atoms with E-state index in [0.717, 1.165) is 40.4 Å². The van der Waals surface area contributed by atoms with Crippen molar-refractivity contribution in [2.24, 2.45) is 0 Å². The lowest BCUT2D eigenvalue weighted by molar-refractivity contribution is 1.08. The fraction of sp³-hybridized carbons (Fsp3) is 0.118. The summed E-state index contributed by atoms with van der Waals surface area (Å²) >= 11 is 12.1. The van der Waals surface area contributed by atoms with E-state index in [1.54, 1.807) is 6.20 Å². The highest BCUT2D eigenvalue weighted by Crippen LogP contribution is 2.24. The van der Waals surface area contributed by atoms with Gasteiger partial charge in [-0.25, -0.2) is 0 Å². The van der Waals surface area contributed by atoms with Gasteiger partial charge in [-0.05, 0) is 36.4 Å². The Kier molecular flexibility index (Phi) is 4.66. The number of hydrogen-bond acceptors (Lipinski definition) is 3. The summed E-state index contributed by atoms with van der Waals surface area (Å²) in [5.41, 5.74) is 2.87. The lowest BCUT2D eigenvalue weighted by Gasteiger charge is -2.11. The van der Waals surface area contributed by atoms with Gasteiger partial charge in [-0.2, -0.15) is 0 Å². The second kappa shape index (κ2) is 6.86. The molecule has 0 unspecified atom stereocenters. The number of aromatic nitrogens is 1. The summed E-state index contributed by atoms with van der Waals surface area (Å²) in [5.74, 6) is 0. The topological polar surface area (TPSA) is 37.0 Å². The minimum atomic E-state index is 0.692. The van der Waals surface area contributed by atoms with E-state index in [9.17, 15) is 0 Å². The number of hydrogen-bond donors (Lipinski definition) is 2. The maximum absolute atomic E-state index is 6.11. The molecule has 3 rings (SSSR count). The number of nitrogens with one attached hydrogen (secondary N) is 2. The third-order valence-corrected chi connectivity index (χ3v) is 3.90. The lowest BCUT2D eigenvalue weighted by atomic mass is 10.2. The number of nitrogens with zero attached hydrogens (tertiary/aromatic N) is 1. The zero-order valence-corrected chi connectivity index (χ0v) is 13.3. The molecule has 0 saturated heterocycles. The van der Waals surface area contributed by atoms with Crippen LogP contribution in [0.4, 0.5) is 11.4 Å². The van der Waals surface area contributed by atoms with Crippen LogP contribution in [0, 0.1) is 0 Å². The molecular weight excluding hydrogens is 317 g/mol. The van der Waals surface area contributed by atoms with E-state index in [-0.39, 0.29) is 0 Å². The van der Waals surface area contributed by atoms with Crippen molar-refractivity contribution in [3.8, 4) is 0 Å². The smallest absolute Gasteiger partial charge is 0.0737 e. The molecule has 2 aromatic carbocycles. The first-order valence-corrected chi connectivity index (χ1v) is 7.76. The maximum Gasteiger partial charge on any atom is 0.0737 e. The van der Waals surface area contributed by atoms with Crippen LogP contribution in [0.5, 0.6) is 0 Å². The predicted octanol–water partition coefficient (Wildman–Crippen LogP) is 5.07. The Labute approximate surface area is 139 Å². The summed E-state index contributed by atoms with van der Waals surface area (Å²) < 4.78 is 0. The third-order valence-electron chi connectivity index (χ3n) is 3.33. The quantitative estimate of drug-likeness (QED) is 0.641. The van der Waals surface area contributed by atoms with Crippen LogP contribution in [0.1, 0.15) is 0 Å². The number of rotatable bonds is 5. The first-order chi connectivity index (χ1) is 10.7. The summed E-state index contributed by atoms with van der Waals surface area (Å²) in [6.45, 7) is 1.54. The number of halogens is 2. The van der Waals surface area contributed by atoms with Crippen LogP contribution in [0.25, 0.3) is 10.9 Å². The van der Waals surface area contributed by atoms with E-state index in [2.05, 4.69) is 15.6 Å². The van der Waals surface area contributed by atoms with Crippen molar-refractivity contribution in [3.05, 3.63) is 64.8 Å². The Balaban J connectivity index is 1.64. The number of benzene rings is 2. The van der Waals surface area contributed by atoms with Crippen molar-refractivity contribution in [2.45, 2.75) is 0 Å². The average Bonchev–Trinajstić information content (AvgIpc) is 2.53. The van der Waals surface area contributed by atoms with Crippen LogP contribution < -0.4 is 10.6 Å². The van der Waals surface area contributed by atoms with Gasteiger partial charge in [-0.1, -0.05) is 35.3 Å². The van der Waals surface area contributed by atoms with E-state index in [1.165, 1.54) is 0 Å². The number of anilines is 2. The summed E-state index contributed by atoms with van der Waals surface area (Å²) in [7, 11) is 0. The van der Waals surface area contributed by atoms with E-state index >= 15 is 0 Å². The minimum absolute atomic E-state index is 0.692. The van der Waals surface area contributed by atoms with Crippen molar-refractivity contribution in [2.75, 3.05) is 23.7 Å². The molecular formula is C17H15Cl2N3. The van der Waals surface area contributed by atoms with Crippen molar-refractivity contribution in [1.29, 1.82) is 0 Å². The van der Waals surface area contributed by atoms with Gasteiger partial charge in [0.1, 0.15) is 0 Å². The molecule has 1 aromatic heterocycles. The van der Waals surface area contributed by atoms with Crippen LogP contribution in [0.2, 0.25) is 10.0 Å². The van der Waals surface area contributed by atoms with Gasteiger partial charge < -0.3 is 10.6 Å². The zero-order chi connectivity index (χ0) is 15.4. The molecule has 0 spiro atoms. The highest BCUT2D eigenvalue weighted by Gasteiger charge is 2.02. The lowest BCUT2D eigenvalue weighted by Crippen LogP contribution is -2.14. The molecule has 3 nitrogen and oxygen atoms in total. The molecule has 0 aliphatic carbocycles. The normalized spacial score (nSPS) is 10.6. The molecule has 0 bridgehead atoms. The predicted molar refractivity (Wildman–Crippen MR) is 95.2 cm³/mol. The molecule has 112 valence electrons. The Morgan fingerprint density at radius 2 is 1.64 bits per heavy atom. The molecule has 22 heavy (non-hydrogen) atoms. The van der Waals surface area contributed by atoms with Gasteiger partial charge >= 0.3 is 0 Å². The number of pyridine rings is 1. The summed E-state index contributed by atoms with van der Waals surface area (Å²) in [6, 6.07) is 15.4. The van der Waals surface area contributed by atoms with E-state index in [4.69, 9.17) is 23.2 Å². The molecule has 3 aromatic rings. The molecule has 0 aliphatic rings. The Hall–Kier alpha value is -1.97. The summed E-state index contributed by atoms with van der Waals surface area (Å²) in [4.78, 5) is 4.33. The monoisotopic (exact) mass is 331 g/mol. The number of para-hydroxylation sites is 1. The van der Waals surface area contributed by atoms with Gasteiger partial charge in [0.05, 0.1) is 16.2 Å². The molecule has 1 heterocycles. The molecule has 0 radical (unpaired) electrons. The molecule has 0 saturated carbocycles. The fourth-order valence-electron chi connectivity index (χ4n) is 2.27. The number of fused-ring (bicyclic) bond motifs is 1. The van der Waals surface area contributed by atoms with Crippen molar-refractivity contribution in [1.82, 2.24) is 4.98 Å². The van der Waals surface area contributed by atoms with E-state index < -0.39 is 0 Å². The molecule has 0 atom stereocenters. The van der Waals surface area contributed by atoms with Crippen molar-refractivity contribution in [3.63, 3.8) is 0 Å². The summed E-state index contributed by atoms with van der Waals surface area (Å²) in [5, 5.41) is 9.20. The first kappa shape index (κ1) is 14.9. The Morgan fingerprint density at radius 3 is 2.45 bits per heavy atom. The van der Waals surface area contributed by atoms with Gasteiger partial charge in [-0.3, -0.25) is 4.98 Å². The Morgan fingerprint density at radius 1 is 0.864 bits per heavy atom. The van der Waals surface area contributed by atoms with Crippen LogP contribution in [-0.4, -0.2) is 18.1 Å². The van der Waals surface area contributed by atoms with Gasteiger partial charge in [0.2, 0.25) is 0 Å². The highest BCUT2D eigenvalue weighted by atomic mass is 35.5.